The van der Waals surface area contributed by atoms with Gasteiger partial charge in [0.15, 0.2) is 0 Å². The van der Waals surface area contributed by atoms with E-state index < -0.39 is 0 Å². The number of rotatable bonds is 3. The van der Waals surface area contributed by atoms with Gasteiger partial charge in [0.25, 0.3) is 0 Å². The maximum Gasteiger partial charge on any atom is 0.213 e. The van der Waals surface area contributed by atoms with Crippen LogP contribution in [0.5, 0.6) is 5.88 Å². The molecule has 0 aliphatic rings. The van der Waals surface area contributed by atoms with Crippen molar-refractivity contribution >= 4 is 0 Å². The zero-order valence-corrected chi connectivity index (χ0v) is 6.53. The SMILES string of the molecule is CC(N)COc1ccccn1. The van der Waals surface area contributed by atoms with Crippen LogP contribution in [0, 0.1) is 0 Å². The molecule has 0 spiro atoms. The van der Waals surface area contributed by atoms with E-state index >= 15 is 0 Å². The van der Waals surface area contributed by atoms with Gasteiger partial charge in [0.1, 0.15) is 6.61 Å². The largest absolute Gasteiger partial charge is 0.476 e. The van der Waals surface area contributed by atoms with Crippen molar-refractivity contribution in [3.8, 4) is 5.88 Å². The predicted octanol–water partition coefficient (Wildman–Crippen LogP) is 0.808. The summed E-state index contributed by atoms with van der Waals surface area (Å²) in [7, 11) is 0. The molecule has 0 aromatic carbocycles. The highest BCUT2D eigenvalue weighted by atomic mass is 16.5. The van der Waals surface area contributed by atoms with Gasteiger partial charge in [-0.25, -0.2) is 4.98 Å². The maximum atomic E-state index is 5.49. The van der Waals surface area contributed by atoms with Gasteiger partial charge in [-0.1, -0.05) is 6.07 Å². The van der Waals surface area contributed by atoms with Crippen LogP contribution in [-0.2, 0) is 0 Å². The molecule has 0 aliphatic carbocycles. The van der Waals surface area contributed by atoms with Crippen molar-refractivity contribution in [2.45, 2.75) is 13.0 Å². The molecule has 0 fully saturated rings. The van der Waals surface area contributed by atoms with Crippen LogP contribution in [0.25, 0.3) is 0 Å². The van der Waals surface area contributed by atoms with Crippen molar-refractivity contribution in [1.29, 1.82) is 0 Å². The average Bonchev–Trinajstić information content (AvgIpc) is 2.03. The first-order valence-electron chi connectivity index (χ1n) is 3.58. The second-order valence-electron chi connectivity index (χ2n) is 2.46. The van der Waals surface area contributed by atoms with Crippen LogP contribution in [0.1, 0.15) is 6.92 Å². The molecular weight excluding hydrogens is 140 g/mol. The van der Waals surface area contributed by atoms with Gasteiger partial charge in [0.2, 0.25) is 5.88 Å². The van der Waals surface area contributed by atoms with Gasteiger partial charge in [-0.05, 0) is 13.0 Å². The van der Waals surface area contributed by atoms with Gasteiger partial charge in [-0.2, -0.15) is 0 Å². The average molecular weight is 152 g/mol. The number of aromatic nitrogens is 1. The van der Waals surface area contributed by atoms with Crippen molar-refractivity contribution in [1.82, 2.24) is 4.98 Å². The lowest BCUT2D eigenvalue weighted by molar-refractivity contribution is 0.285. The van der Waals surface area contributed by atoms with E-state index in [0.29, 0.717) is 12.5 Å². The molecule has 0 bridgehead atoms. The molecule has 3 heteroatoms. The molecule has 1 heterocycles. The molecule has 0 radical (unpaired) electrons. The fourth-order valence-electron chi connectivity index (χ4n) is 0.649. The molecule has 2 N–H and O–H groups in total. The van der Waals surface area contributed by atoms with E-state index in [1.807, 2.05) is 25.1 Å². The van der Waals surface area contributed by atoms with Crippen LogP contribution >= 0.6 is 0 Å². The minimum atomic E-state index is 0.0528. The van der Waals surface area contributed by atoms with E-state index in [2.05, 4.69) is 4.98 Å². The van der Waals surface area contributed by atoms with Crippen LogP contribution in [0.2, 0.25) is 0 Å². The Morgan fingerprint density at radius 1 is 1.64 bits per heavy atom. The highest BCUT2D eigenvalue weighted by Crippen LogP contribution is 2.02. The van der Waals surface area contributed by atoms with Crippen molar-refractivity contribution < 1.29 is 4.74 Å². The third kappa shape index (κ3) is 3.00. The number of pyridine rings is 1. The Hall–Kier alpha value is -1.09. The molecular formula is C8H12N2O. The quantitative estimate of drug-likeness (QED) is 0.697. The zero-order chi connectivity index (χ0) is 8.10. The second kappa shape index (κ2) is 3.93. The van der Waals surface area contributed by atoms with Crippen molar-refractivity contribution in [2.24, 2.45) is 5.73 Å². The zero-order valence-electron chi connectivity index (χ0n) is 6.53. The summed E-state index contributed by atoms with van der Waals surface area (Å²) in [5.74, 6) is 0.629. The fraction of sp³-hybridized carbons (Fsp3) is 0.375. The highest BCUT2D eigenvalue weighted by molar-refractivity contribution is 5.09. The maximum absolute atomic E-state index is 5.49. The molecule has 1 rings (SSSR count). The minimum absolute atomic E-state index is 0.0528. The van der Waals surface area contributed by atoms with Crippen molar-refractivity contribution in [2.75, 3.05) is 6.61 Å². The topological polar surface area (TPSA) is 48.1 Å². The molecule has 0 saturated carbocycles. The Labute approximate surface area is 66.2 Å². The lowest BCUT2D eigenvalue weighted by atomic mass is 10.4. The number of hydrogen-bond acceptors (Lipinski definition) is 3. The van der Waals surface area contributed by atoms with E-state index in [-0.39, 0.29) is 6.04 Å². The molecule has 1 aromatic rings. The van der Waals surface area contributed by atoms with Gasteiger partial charge < -0.3 is 10.5 Å². The molecule has 1 aromatic heterocycles. The Bertz CT molecular complexity index is 199. The standard InChI is InChI=1S/C8H12N2O/c1-7(9)6-11-8-4-2-3-5-10-8/h2-5,7H,6,9H2,1H3. The van der Waals surface area contributed by atoms with Crippen LogP contribution in [0.3, 0.4) is 0 Å². The van der Waals surface area contributed by atoms with Gasteiger partial charge in [0.05, 0.1) is 0 Å². The second-order valence-corrected chi connectivity index (χ2v) is 2.46. The lowest BCUT2D eigenvalue weighted by Crippen LogP contribution is -2.23. The normalized spacial score (nSPS) is 12.5. The molecule has 0 aliphatic heterocycles. The fourth-order valence-corrected chi connectivity index (χ4v) is 0.649. The van der Waals surface area contributed by atoms with Crippen molar-refractivity contribution in [3.63, 3.8) is 0 Å². The molecule has 3 nitrogen and oxygen atoms in total. The summed E-state index contributed by atoms with van der Waals surface area (Å²) in [6.07, 6.45) is 1.69. The number of ether oxygens (including phenoxy) is 1. The lowest BCUT2D eigenvalue weighted by Gasteiger charge is -2.06. The Morgan fingerprint density at radius 2 is 2.45 bits per heavy atom. The third-order valence-corrected chi connectivity index (χ3v) is 1.13. The summed E-state index contributed by atoms with van der Waals surface area (Å²) < 4.78 is 5.23. The third-order valence-electron chi connectivity index (χ3n) is 1.13. The first-order chi connectivity index (χ1) is 5.29. The van der Waals surface area contributed by atoms with E-state index in [9.17, 15) is 0 Å². The van der Waals surface area contributed by atoms with E-state index in [1.54, 1.807) is 6.20 Å². The van der Waals surface area contributed by atoms with Gasteiger partial charge in [-0.15, -0.1) is 0 Å². The van der Waals surface area contributed by atoms with Crippen LogP contribution in [0.15, 0.2) is 24.4 Å². The smallest absolute Gasteiger partial charge is 0.213 e. The monoisotopic (exact) mass is 152 g/mol. The van der Waals surface area contributed by atoms with Gasteiger partial charge >= 0.3 is 0 Å². The Morgan fingerprint density at radius 3 is 3.00 bits per heavy atom. The van der Waals surface area contributed by atoms with E-state index in [0.717, 1.165) is 0 Å². The summed E-state index contributed by atoms with van der Waals surface area (Å²) in [5, 5.41) is 0. The first-order valence-corrected chi connectivity index (χ1v) is 3.58. The van der Waals surface area contributed by atoms with Crippen LogP contribution in [0.4, 0.5) is 0 Å². The summed E-state index contributed by atoms with van der Waals surface area (Å²) in [5.41, 5.74) is 5.49. The molecule has 1 unspecified atom stereocenters. The van der Waals surface area contributed by atoms with Crippen LogP contribution in [-0.4, -0.2) is 17.6 Å². The van der Waals surface area contributed by atoms with E-state index in [4.69, 9.17) is 10.5 Å². The Kier molecular flexibility index (Phi) is 2.86. The minimum Gasteiger partial charge on any atom is -0.476 e. The molecule has 1 atom stereocenters. The number of nitrogens with zero attached hydrogens (tertiary/aromatic N) is 1. The first kappa shape index (κ1) is 8.01. The number of hydrogen-bond donors (Lipinski definition) is 1. The van der Waals surface area contributed by atoms with Crippen LogP contribution < -0.4 is 10.5 Å². The number of nitrogens with two attached hydrogens (primary N) is 1. The molecule has 60 valence electrons. The van der Waals surface area contributed by atoms with Gasteiger partial charge in [-0.3, -0.25) is 0 Å². The molecule has 0 amide bonds. The predicted molar refractivity (Wildman–Crippen MR) is 43.4 cm³/mol. The van der Waals surface area contributed by atoms with E-state index in [1.165, 1.54) is 0 Å². The van der Waals surface area contributed by atoms with Crippen molar-refractivity contribution in [3.05, 3.63) is 24.4 Å². The molecule has 0 saturated heterocycles. The van der Waals surface area contributed by atoms with Gasteiger partial charge in [0, 0.05) is 18.3 Å². The summed E-state index contributed by atoms with van der Waals surface area (Å²) in [6.45, 7) is 2.40. The summed E-state index contributed by atoms with van der Waals surface area (Å²) >= 11 is 0. The molecule has 11 heavy (non-hydrogen) atoms. The highest BCUT2D eigenvalue weighted by Gasteiger charge is 1.95. The Balaban J connectivity index is 2.39. The summed E-state index contributed by atoms with van der Waals surface area (Å²) in [6, 6.07) is 5.59. The summed E-state index contributed by atoms with van der Waals surface area (Å²) in [4.78, 5) is 3.97.